The Kier molecular flexibility index (Phi) is 1.28. The largest absolute Gasteiger partial charge is 0.264 e. The van der Waals surface area contributed by atoms with Gasteiger partial charge in [-0.1, -0.05) is 30.4 Å². The molecule has 0 spiro atoms. The second-order valence-electron chi connectivity index (χ2n) is 3.11. The van der Waals surface area contributed by atoms with Gasteiger partial charge in [0.05, 0.1) is 0 Å². The Labute approximate surface area is 76.7 Å². The van der Waals surface area contributed by atoms with E-state index in [4.69, 9.17) is 0 Å². The standard InChI is InChI=1S/C12H7N/c1-3-9-4-2-6-11-8-13-7-10(5-1)12(9)11/h1-5,7-8H. The normalized spacial score (nSPS) is 13.5. The van der Waals surface area contributed by atoms with Crippen LogP contribution in [0.15, 0.2) is 36.7 Å². The summed E-state index contributed by atoms with van der Waals surface area (Å²) < 4.78 is 0. The average Bonchev–Trinajstić information content (AvgIpc) is 2.19. The third-order valence-corrected chi connectivity index (χ3v) is 2.32. The Balaban J connectivity index is 2.56. The van der Waals surface area contributed by atoms with Gasteiger partial charge in [0, 0.05) is 24.2 Å². The van der Waals surface area contributed by atoms with Gasteiger partial charge in [-0.3, -0.25) is 4.98 Å². The van der Waals surface area contributed by atoms with Crippen molar-refractivity contribution < 1.29 is 0 Å². The summed E-state index contributed by atoms with van der Waals surface area (Å²) in [6, 6.07) is 6.25. The minimum atomic E-state index is 1.09. The van der Waals surface area contributed by atoms with Crippen LogP contribution in [0.3, 0.4) is 0 Å². The third kappa shape index (κ3) is 0.903. The molecular weight excluding hydrogens is 158 g/mol. The smallest absolute Gasteiger partial charge is 0.0446 e. The SMILES string of the molecule is [C]1C=Cc2cccc3cncc1c23. The van der Waals surface area contributed by atoms with Crippen LogP contribution in [-0.4, -0.2) is 4.98 Å². The minimum absolute atomic E-state index is 1.09. The maximum Gasteiger partial charge on any atom is 0.0446 e. The molecule has 1 nitrogen and oxygen atoms in total. The lowest BCUT2D eigenvalue weighted by Gasteiger charge is -2.10. The maximum atomic E-state index is 4.16. The molecule has 0 fully saturated rings. The van der Waals surface area contributed by atoms with Crippen LogP contribution in [0.4, 0.5) is 0 Å². The number of aromatic nitrogens is 1. The highest BCUT2D eigenvalue weighted by molar-refractivity contribution is 5.95. The van der Waals surface area contributed by atoms with Gasteiger partial charge in [0.1, 0.15) is 0 Å². The molecule has 3 rings (SSSR count). The summed E-state index contributed by atoms with van der Waals surface area (Å²) in [5, 5.41) is 2.45. The summed E-state index contributed by atoms with van der Waals surface area (Å²) in [4.78, 5) is 4.16. The molecule has 2 radical (unpaired) electrons. The fourth-order valence-corrected chi connectivity index (χ4v) is 1.73. The van der Waals surface area contributed by atoms with Crippen molar-refractivity contribution in [3.8, 4) is 0 Å². The molecule has 1 aromatic heterocycles. The van der Waals surface area contributed by atoms with Crippen molar-refractivity contribution in [1.82, 2.24) is 4.98 Å². The van der Waals surface area contributed by atoms with Crippen LogP contribution < -0.4 is 0 Å². The van der Waals surface area contributed by atoms with Crippen molar-refractivity contribution in [3.63, 3.8) is 0 Å². The lowest BCUT2D eigenvalue weighted by Crippen LogP contribution is -1.91. The first-order valence-corrected chi connectivity index (χ1v) is 4.25. The Hall–Kier alpha value is -1.63. The molecule has 0 aliphatic heterocycles. The van der Waals surface area contributed by atoms with Gasteiger partial charge in [-0.15, -0.1) is 0 Å². The quantitative estimate of drug-likeness (QED) is 0.584. The van der Waals surface area contributed by atoms with Crippen molar-refractivity contribution >= 4 is 16.8 Å². The second-order valence-corrected chi connectivity index (χ2v) is 3.11. The molecule has 1 aromatic carbocycles. The zero-order chi connectivity index (χ0) is 8.67. The van der Waals surface area contributed by atoms with Crippen molar-refractivity contribution in [3.05, 3.63) is 54.2 Å². The Morgan fingerprint density at radius 1 is 1.15 bits per heavy atom. The van der Waals surface area contributed by atoms with E-state index in [2.05, 4.69) is 35.7 Å². The molecule has 2 aromatic rings. The number of allylic oxidation sites excluding steroid dienone is 1. The first-order valence-electron chi connectivity index (χ1n) is 4.25. The number of pyridine rings is 1. The van der Waals surface area contributed by atoms with Crippen molar-refractivity contribution in [2.75, 3.05) is 0 Å². The highest BCUT2D eigenvalue weighted by Crippen LogP contribution is 2.27. The molecule has 0 saturated carbocycles. The summed E-state index contributed by atoms with van der Waals surface area (Å²) in [7, 11) is 0. The van der Waals surface area contributed by atoms with Crippen LogP contribution in [-0.2, 0) is 0 Å². The van der Waals surface area contributed by atoms with E-state index in [-0.39, 0.29) is 0 Å². The second kappa shape index (κ2) is 2.43. The van der Waals surface area contributed by atoms with Gasteiger partial charge in [0.2, 0.25) is 0 Å². The van der Waals surface area contributed by atoms with Crippen LogP contribution in [0, 0.1) is 6.42 Å². The molecule has 13 heavy (non-hydrogen) atoms. The number of rotatable bonds is 0. The van der Waals surface area contributed by atoms with E-state index in [1.807, 2.05) is 18.5 Å². The van der Waals surface area contributed by atoms with E-state index in [1.54, 1.807) is 0 Å². The van der Waals surface area contributed by atoms with Crippen LogP contribution in [0.1, 0.15) is 11.1 Å². The number of nitrogens with zero attached hydrogens (tertiary/aromatic N) is 1. The van der Waals surface area contributed by atoms with Crippen LogP contribution in [0.5, 0.6) is 0 Å². The highest BCUT2D eigenvalue weighted by Gasteiger charge is 2.07. The fourth-order valence-electron chi connectivity index (χ4n) is 1.73. The molecule has 1 heteroatoms. The molecule has 1 aliphatic carbocycles. The first kappa shape index (κ1) is 6.84. The number of hydrogen-bond acceptors (Lipinski definition) is 1. The summed E-state index contributed by atoms with van der Waals surface area (Å²) in [6.45, 7) is 0. The lowest BCUT2D eigenvalue weighted by atomic mass is 9.95. The predicted molar refractivity (Wildman–Crippen MR) is 53.1 cm³/mol. The monoisotopic (exact) mass is 165 g/mol. The highest BCUT2D eigenvalue weighted by atomic mass is 14.6. The topological polar surface area (TPSA) is 12.9 Å². The predicted octanol–water partition coefficient (Wildman–Crippen LogP) is 2.69. The van der Waals surface area contributed by atoms with Gasteiger partial charge in [-0.05, 0) is 16.5 Å². The zero-order valence-electron chi connectivity index (χ0n) is 6.99. The van der Waals surface area contributed by atoms with Crippen LogP contribution in [0.25, 0.3) is 16.8 Å². The van der Waals surface area contributed by atoms with E-state index in [0.717, 1.165) is 5.56 Å². The third-order valence-electron chi connectivity index (χ3n) is 2.32. The minimum Gasteiger partial charge on any atom is -0.264 e. The van der Waals surface area contributed by atoms with E-state index >= 15 is 0 Å². The van der Waals surface area contributed by atoms with E-state index in [1.165, 1.54) is 16.3 Å². The summed E-state index contributed by atoms with van der Waals surface area (Å²) in [5.41, 5.74) is 2.35. The van der Waals surface area contributed by atoms with Crippen LogP contribution >= 0.6 is 0 Å². The average molecular weight is 165 g/mol. The zero-order valence-corrected chi connectivity index (χ0v) is 6.99. The Bertz CT molecular complexity index is 492. The van der Waals surface area contributed by atoms with Gasteiger partial charge in [-0.25, -0.2) is 0 Å². The Morgan fingerprint density at radius 3 is 3.15 bits per heavy atom. The Morgan fingerprint density at radius 2 is 2.15 bits per heavy atom. The molecule has 60 valence electrons. The fraction of sp³-hybridized carbons (Fsp3) is 0. The summed E-state index contributed by atoms with van der Waals surface area (Å²) in [6.07, 6.45) is 11.0. The summed E-state index contributed by atoms with van der Waals surface area (Å²) >= 11 is 0. The molecule has 0 bridgehead atoms. The van der Waals surface area contributed by atoms with Crippen molar-refractivity contribution in [2.45, 2.75) is 0 Å². The van der Waals surface area contributed by atoms with Gasteiger partial charge >= 0.3 is 0 Å². The van der Waals surface area contributed by atoms with Crippen LogP contribution in [0.2, 0.25) is 0 Å². The lowest BCUT2D eigenvalue weighted by molar-refractivity contribution is 1.32. The van der Waals surface area contributed by atoms with Gasteiger partial charge in [0.25, 0.3) is 0 Å². The molecule has 0 unspecified atom stereocenters. The molecule has 0 amide bonds. The molecule has 1 heterocycles. The van der Waals surface area contributed by atoms with Crippen molar-refractivity contribution in [2.24, 2.45) is 0 Å². The van der Waals surface area contributed by atoms with Gasteiger partial charge < -0.3 is 0 Å². The summed E-state index contributed by atoms with van der Waals surface area (Å²) in [5.74, 6) is 0. The molecule has 1 aliphatic rings. The first-order chi connectivity index (χ1) is 6.45. The van der Waals surface area contributed by atoms with Gasteiger partial charge in [0.15, 0.2) is 0 Å². The van der Waals surface area contributed by atoms with E-state index in [0.29, 0.717) is 0 Å². The van der Waals surface area contributed by atoms with Crippen molar-refractivity contribution in [1.29, 1.82) is 0 Å². The number of hydrogen-bond donors (Lipinski definition) is 0. The number of benzene rings is 1. The van der Waals surface area contributed by atoms with E-state index < -0.39 is 0 Å². The molecular formula is C12H7N. The van der Waals surface area contributed by atoms with E-state index in [9.17, 15) is 0 Å². The molecule has 0 saturated heterocycles. The maximum absolute atomic E-state index is 4.16. The van der Waals surface area contributed by atoms with Gasteiger partial charge in [-0.2, -0.15) is 0 Å². The molecule has 0 atom stereocenters. The molecule has 0 N–H and O–H groups in total.